The van der Waals surface area contributed by atoms with E-state index in [1.807, 2.05) is 25.1 Å². The van der Waals surface area contributed by atoms with E-state index < -0.39 is 5.83 Å². The molecule has 0 aliphatic rings. The van der Waals surface area contributed by atoms with Crippen molar-refractivity contribution in [3.63, 3.8) is 0 Å². The second kappa shape index (κ2) is 3.81. The van der Waals surface area contributed by atoms with Crippen LogP contribution < -0.4 is 0 Å². The van der Waals surface area contributed by atoms with Gasteiger partial charge in [0.2, 0.25) is 0 Å². The van der Waals surface area contributed by atoms with E-state index in [4.69, 9.17) is 0 Å². The molecule has 0 atom stereocenters. The lowest BCUT2D eigenvalue weighted by atomic mass is 10.1. The van der Waals surface area contributed by atoms with Gasteiger partial charge < -0.3 is 0 Å². The first-order chi connectivity index (χ1) is 5.72. The second-order valence-electron chi connectivity index (χ2n) is 2.56. The van der Waals surface area contributed by atoms with Crippen LogP contribution in [0.4, 0.5) is 4.39 Å². The molecule has 1 aromatic rings. The smallest absolute Gasteiger partial charge is 0.178 e. The molecule has 1 aromatic carbocycles. The number of carbonyl (C=O) groups is 1. The van der Waals surface area contributed by atoms with Crippen LogP contribution in [0.25, 0.3) is 6.08 Å². The number of carbonyl (C=O) groups excluding carboxylic acids is 1. The van der Waals surface area contributed by atoms with Crippen molar-refractivity contribution in [1.82, 2.24) is 0 Å². The summed E-state index contributed by atoms with van der Waals surface area (Å²) in [4.78, 5) is 9.95. The maximum atomic E-state index is 12.4. The number of halogens is 1. The standard InChI is InChI=1S/C10H9FO/c1-8-3-2-4-9(5-8)6-10(11)7-12/h2-7H,1H3/b10-6-. The molecule has 0 saturated heterocycles. The summed E-state index contributed by atoms with van der Waals surface area (Å²) in [5.41, 5.74) is 1.75. The fourth-order valence-electron chi connectivity index (χ4n) is 0.953. The van der Waals surface area contributed by atoms with Crippen molar-refractivity contribution in [2.24, 2.45) is 0 Å². The maximum absolute atomic E-state index is 12.4. The molecule has 0 fully saturated rings. The van der Waals surface area contributed by atoms with Crippen molar-refractivity contribution < 1.29 is 9.18 Å². The first-order valence-corrected chi connectivity index (χ1v) is 3.61. The Bertz CT molecular complexity index is 315. The Labute approximate surface area is 70.5 Å². The highest BCUT2D eigenvalue weighted by Crippen LogP contribution is 2.08. The number of hydrogen-bond acceptors (Lipinski definition) is 1. The van der Waals surface area contributed by atoms with Crippen molar-refractivity contribution in [2.75, 3.05) is 0 Å². The predicted octanol–water partition coefficient (Wildman–Crippen LogP) is 2.50. The monoisotopic (exact) mass is 164 g/mol. The van der Waals surface area contributed by atoms with Gasteiger partial charge in [0.15, 0.2) is 12.1 Å². The Morgan fingerprint density at radius 2 is 2.25 bits per heavy atom. The van der Waals surface area contributed by atoms with Gasteiger partial charge in [0.1, 0.15) is 0 Å². The Morgan fingerprint density at radius 1 is 1.50 bits per heavy atom. The summed E-state index contributed by atoms with van der Waals surface area (Å²) >= 11 is 0. The van der Waals surface area contributed by atoms with E-state index >= 15 is 0 Å². The molecule has 0 aliphatic carbocycles. The molecule has 0 N–H and O–H groups in total. The van der Waals surface area contributed by atoms with Gasteiger partial charge in [0.05, 0.1) is 0 Å². The quantitative estimate of drug-likeness (QED) is 0.485. The SMILES string of the molecule is Cc1cccc(/C=C(\F)C=O)c1. The Balaban J connectivity index is 2.97. The number of benzene rings is 1. The zero-order valence-electron chi connectivity index (χ0n) is 6.75. The maximum Gasteiger partial charge on any atom is 0.178 e. The lowest BCUT2D eigenvalue weighted by Gasteiger charge is -1.94. The molecule has 12 heavy (non-hydrogen) atoms. The topological polar surface area (TPSA) is 17.1 Å². The van der Waals surface area contributed by atoms with E-state index in [9.17, 15) is 9.18 Å². The predicted molar refractivity (Wildman–Crippen MR) is 46.3 cm³/mol. The molecule has 0 amide bonds. The summed E-state index contributed by atoms with van der Waals surface area (Å²) in [7, 11) is 0. The van der Waals surface area contributed by atoms with Crippen LogP contribution in [0, 0.1) is 6.92 Å². The average Bonchev–Trinajstić information content (AvgIpc) is 2.04. The summed E-state index contributed by atoms with van der Waals surface area (Å²) in [5.74, 6) is -0.749. The molecule has 0 aliphatic heterocycles. The minimum Gasteiger partial charge on any atom is -0.295 e. The third-order valence-corrected chi connectivity index (χ3v) is 1.46. The van der Waals surface area contributed by atoms with Crippen LogP contribution in [-0.4, -0.2) is 6.29 Å². The van der Waals surface area contributed by atoms with Gasteiger partial charge in [-0.05, 0) is 18.6 Å². The van der Waals surface area contributed by atoms with Crippen LogP contribution in [0.15, 0.2) is 30.1 Å². The molecular formula is C10H9FO. The molecule has 0 unspecified atom stereocenters. The first kappa shape index (κ1) is 8.65. The Hall–Kier alpha value is -1.44. The van der Waals surface area contributed by atoms with E-state index in [1.165, 1.54) is 6.08 Å². The van der Waals surface area contributed by atoms with E-state index in [0.29, 0.717) is 5.56 Å². The zero-order chi connectivity index (χ0) is 8.97. The third kappa shape index (κ3) is 2.31. The lowest BCUT2D eigenvalue weighted by Crippen LogP contribution is -1.77. The van der Waals surface area contributed by atoms with Gasteiger partial charge in [-0.3, -0.25) is 4.79 Å². The van der Waals surface area contributed by atoms with E-state index in [2.05, 4.69) is 0 Å². The van der Waals surface area contributed by atoms with E-state index in [0.717, 1.165) is 5.56 Å². The normalized spacial score (nSPS) is 11.3. The summed E-state index contributed by atoms with van der Waals surface area (Å²) in [5, 5.41) is 0. The van der Waals surface area contributed by atoms with Crippen molar-refractivity contribution in [1.29, 1.82) is 0 Å². The summed E-state index contributed by atoms with van der Waals surface area (Å²) in [6.07, 6.45) is 1.41. The van der Waals surface area contributed by atoms with Crippen LogP contribution in [0.1, 0.15) is 11.1 Å². The van der Waals surface area contributed by atoms with Crippen molar-refractivity contribution in [3.05, 3.63) is 41.2 Å². The second-order valence-corrected chi connectivity index (χ2v) is 2.56. The van der Waals surface area contributed by atoms with Gasteiger partial charge >= 0.3 is 0 Å². The number of aryl methyl sites for hydroxylation is 1. The highest BCUT2D eigenvalue weighted by atomic mass is 19.1. The van der Waals surface area contributed by atoms with Gasteiger partial charge in [-0.15, -0.1) is 0 Å². The fourth-order valence-corrected chi connectivity index (χ4v) is 0.953. The highest BCUT2D eigenvalue weighted by molar-refractivity contribution is 5.78. The minimum atomic E-state index is -0.749. The van der Waals surface area contributed by atoms with Crippen LogP contribution in [0.5, 0.6) is 0 Å². The van der Waals surface area contributed by atoms with Gasteiger partial charge in [0.25, 0.3) is 0 Å². The Kier molecular flexibility index (Phi) is 2.75. The summed E-state index contributed by atoms with van der Waals surface area (Å²) < 4.78 is 12.4. The number of aldehydes is 1. The molecule has 0 bridgehead atoms. The van der Waals surface area contributed by atoms with Gasteiger partial charge in [-0.25, -0.2) is 4.39 Å². The van der Waals surface area contributed by atoms with E-state index in [-0.39, 0.29) is 6.29 Å². The van der Waals surface area contributed by atoms with Crippen molar-refractivity contribution >= 4 is 12.4 Å². The van der Waals surface area contributed by atoms with Crippen LogP contribution >= 0.6 is 0 Å². The molecule has 1 nitrogen and oxygen atoms in total. The molecule has 1 rings (SSSR count). The van der Waals surface area contributed by atoms with Gasteiger partial charge in [0, 0.05) is 0 Å². The van der Waals surface area contributed by atoms with Crippen LogP contribution in [0.2, 0.25) is 0 Å². The molecule has 0 spiro atoms. The van der Waals surface area contributed by atoms with E-state index in [1.54, 1.807) is 6.07 Å². The van der Waals surface area contributed by atoms with Gasteiger partial charge in [-0.2, -0.15) is 0 Å². The van der Waals surface area contributed by atoms with Gasteiger partial charge in [-0.1, -0.05) is 29.8 Å². The highest BCUT2D eigenvalue weighted by Gasteiger charge is 1.92. The largest absolute Gasteiger partial charge is 0.295 e. The first-order valence-electron chi connectivity index (χ1n) is 3.61. The molecule has 62 valence electrons. The average molecular weight is 164 g/mol. The minimum absolute atomic E-state index is 0.197. The Morgan fingerprint density at radius 3 is 2.83 bits per heavy atom. The number of allylic oxidation sites excluding steroid dienone is 1. The molecular weight excluding hydrogens is 155 g/mol. The summed E-state index contributed by atoms with van der Waals surface area (Å²) in [6.45, 7) is 1.91. The van der Waals surface area contributed by atoms with Crippen LogP contribution in [0.3, 0.4) is 0 Å². The molecule has 0 saturated carbocycles. The zero-order valence-corrected chi connectivity index (χ0v) is 6.75. The summed E-state index contributed by atoms with van der Waals surface area (Å²) in [6, 6.07) is 7.29. The van der Waals surface area contributed by atoms with Crippen molar-refractivity contribution in [3.8, 4) is 0 Å². The molecule has 0 radical (unpaired) electrons. The van der Waals surface area contributed by atoms with Crippen LogP contribution in [-0.2, 0) is 4.79 Å². The third-order valence-electron chi connectivity index (χ3n) is 1.46. The number of hydrogen-bond donors (Lipinski definition) is 0. The molecule has 0 heterocycles. The number of rotatable bonds is 2. The lowest BCUT2D eigenvalue weighted by molar-refractivity contribution is -0.106. The van der Waals surface area contributed by atoms with Crippen molar-refractivity contribution in [2.45, 2.75) is 6.92 Å². The molecule has 2 heteroatoms. The fraction of sp³-hybridized carbons (Fsp3) is 0.100. The molecule has 0 aromatic heterocycles.